The Balaban J connectivity index is 0.00000208. The number of carbonyl (C=O) groups is 1. The number of aliphatic hydroxyl groups excluding tert-OH is 1. The first-order valence-electron chi connectivity index (χ1n) is 7.65. The lowest BCUT2D eigenvalue weighted by Gasteiger charge is -2.13. The molecule has 2 unspecified atom stereocenters. The zero-order valence-corrected chi connectivity index (χ0v) is 14.7. The van der Waals surface area contributed by atoms with Crippen LogP contribution in [0.2, 0.25) is 0 Å². The van der Waals surface area contributed by atoms with Gasteiger partial charge in [-0.05, 0) is 18.2 Å². The van der Waals surface area contributed by atoms with Crippen LogP contribution in [0.4, 0.5) is 0 Å². The second kappa shape index (κ2) is 9.13. The maximum absolute atomic E-state index is 12.3. The number of β-amino-alcohol motifs (C(OH)–C–C–N with tert-alkyl or cyclic N) is 1. The van der Waals surface area contributed by atoms with Crippen LogP contribution in [0.25, 0.3) is 0 Å². The molecule has 2 heterocycles. The average Bonchev–Trinajstić information content (AvgIpc) is 3.20. The molecule has 1 saturated heterocycles. The van der Waals surface area contributed by atoms with Gasteiger partial charge in [-0.3, -0.25) is 4.79 Å². The van der Waals surface area contributed by atoms with Gasteiger partial charge in [0.25, 0.3) is 5.91 Å². The van der Waals surface area contributed by atoms with Crippen molar-refractivity contribution in [3.8, 4) is 0 Å². The number of nitrogens with one attached hydrogen (secondary N) is 2. The van der Waals surface area contributed by atoms with Gasteiger partial charge in [0.15, 0.2) is 5.76 Å². The van der Waals surface area contributed by atoms with Gasteiger partial charge in [0.1, 0.15) is 0 Å². The van der Waals surface area contributed by atoms with Crippen molar-refractivity contribution in [2.24, 2.45) is 5.92 Å². The zero-order valence-electron chi connectivity index (χ0n) is 13.1. The van der Waals surface area contributed by atoms with Gasteiger partial charge in [0.05, 0.1) is 12.4 Å². The lowest BCUT2D eigenvalue weighted by molar-refractivity contribution is 0.0899. The molecule has 0 bridgehead atoms. The van der Waals surface area contributed by atoms with E-state index in [9.17, 15) is 9.90 Å². The molecule has 1 fully saturated rings. The summed E-state index contributed by atoms with van der Waals surface area (Å²) in [4.78, 5) is 13.4. The van der Waals surface area contributed by atoms with Crippen LogP contribution in [0.3, 0.4) is 0 Å². The summed E-state index contributed by atoms with van der Waals surface area (Å²) in [6.45, 7) is 1.75. The molecule has 0 radical (unpaired) electrons. The minimum atomic E-state index is -0.403. The molecule has 3 rings (SSSR count). The first kappa shape index (κ1) is 18.9. The third kappa shape index (κ3) is 4.77. The Morgan fingerprint density at radius 3 is 2.79 bits per heavy atom. The van der Waals surface area contributed by atoms with Gasteiger partial charge in [-0.2, -0.15) is 0 Å². The number of benzene rings is 1. The molecular formula is C17H21ClN2O3S. The number of furan rings is 1. The van der Waals surface area contributed by atoms with Crippen LogP contribution in [0.1, 0.15) is 16.1 Å². The minimum absolute atomic E-state index is 0. The smallest absolute Gasteiger partial charge is 0.287 e. The highest BCUT2D eigenvalue weighted by atomic mass is 35.5. The molecule has 0 spiro atoms. The monoisotopic (exact) mass is 368 g/mol. The predicted octanol–water partition coefficient (Wildman–Crippen LogP) is 2.30. The van der Waals surface area contributed by atoms with Crippen molar-refractivity contribution in [1.82, 2.24) is 10.6 Å². The Hall–Kier alpha value is -1.47. The summed E-state index contributed by atoms with van der Waals surface area (Å²) < 4.78 is 5.35. The van der Waals surface area contributed by atoms with Gasteiger partial charge in [0.2, 0.25) is 0 Å². The molecule has 130 valence electrons. The topological polar surface area (TPSA) is 74.5 Å². The average molecular weight is 369 g/mol. The van der Waals surface area contributed by atoms with Crippen molar-refractivity contribution in [2.75, 3.05) is 19.6 Å². The summed E-state index contributed by atoms with van der Waals surface area (Å²) in [6.07, 6.45) is 1.14. The van der Waals surface area contributed by atoms with E-state index in [1.54, 1.807) is 18.0 Å². The normalized spacial score (nSPS) is 19.7. The molecule has 1 aliphatic rings. The molecule has 1 amide bonds. The predicted molar refractivity (Wildman–Crippen MR) is 96.7 cm³/mol. The Kier molecular flexibility index (Phi) is 7.17. The SMILES string of the molecule is Cl.O=C(NCC1CNCC1O)c1occc1CSc1ccccc1. The molecule has 2 atom stereocenters. The summed E-state index contributed by atoms with van der Waals surface area (Å²) in [5.41, 5.74) is 0.876. The molecule has 0 aliphatic carbocycles. The molecule has 1 aliphatic heterocycles. The van der Waals surface area contributed by atoms with Gasteiger partial charge in [-0.15, -0.1) is 24.2 Å². The largest absolute Gasteiger partial charge is 0.459 e. The fourth-order valence-electron chi connectivity index (χ4n) is 2.56. The number of aliphatic hydroxyl groups is 1. The molecule has 3 N–H and O–H groups in total. The number of hydrogen-bond acceptors (Lipinski definition) is 5. The van der Waals surface area contributed by atoms with Crippen molar-refractivity contribution < 1.29 is 14.3 Å². The maximum Gasteiger partial charge on any atom is 0.287 e. The molecule has 5 nitrogen and oxygen atoms in total. The van der Waals surface area contributed by atoms with E-state index in [-0.39, 0.29) is 24.2 Å². The van der Waals surface area contributed by atoms with Crippen molar-refractivity contribution in [3.63, 3.8) is 0 Å². The number of halogens is 1. The fourth-order valence-corrected chi connectivity index (χ4v) is 3.46. The first-order valence-corrected chi connectivity index (χ1v) is 8.64. The van der Waals surface area contributed by atoms with Crippen LogP contribution in [0, 0.1) is 5.92 Å². The van der Waals surface area contributed by atoms with Crippen LogP contribution in [0.15, 0.2) is 52.0 Å². The Morgan fingerprint density at radius 2 is 2.08 bits per heavy atom. The Bertz CT molecular complexity index is 650. The minimum Gasteiger partial charge on any atom is -0.459 e. The number of carbonyl (C=O) groups excluding carboxylic acids is 1. The van der Waals surface area contributed by atoms with E-state index in [1.165, 1.54) is 0 Å². The third-order valence-corrected chi connectivity index (χ3v) is 4.98. The Morgan fingerprint density at radius 1 is 1.29 bits per heavy atom. The highest BCUT2D eigenvalue weighted by Crippen LogP contribution is 2.24. The van der Waals surface area contributed by atoms with E-state index in [2.05, 4.69) is 10.6 Å². The van der Waals surface area contributed by atoms with Gasteiger partial charge in [-0.1, -0.05) is 18.2 Å². The van der Waals surface area contributed by atoms with E-state index in [0.717, 1.165) is 17.0 Å². The molecular weight excluding hydrogens is 348 g/mol. The highest BCUT2D eigenvalue weighted by Gasteiger charge is 2.26. The van der Waals surface area contributed by atoms with Gasteiger partial charge in [-0.25, -0.2) is 0 Å². The number of hydrogen-bond donors (Lipinski definition) is 3. The second-order valence-electron chi connectivity index (χ2n) is 5.57. The van der Waals surface area contributed by atoms with Crippen LogP contribution in [-0.2, 0) is 5.75 Å². The quantitative estimate of drug-likeness (QED) is 0.682. The maximum atomic E-state index is 12.3. The summed E-state index contributed by atoms with van der Waals surface area (Å²) in [6, 6.07) is 11.9. The summed E-state index contributed by atoms with van der Waals surface area (Å²) in [5.74, 6) is 0.861. The second-order valence-corrected chi connectivity index (χ2v) is 6.62. The van der Waals surface area contributed by atoms with E-state index in [1.807, 2.05) is 36.4 Å². The fraction of sp³-hybridized carbons (Fsp3) is 0.353. The number of amides is 1. The van der Waals surface area contributed by atoms with E-state index < -0.39 is 6.10 Å². The van der Waals surface area contributed by atoms with Crippen LogP contribution >= 0.6 is 24.2 Å². The van der Waals surface area contributed by atoms with Crippen molar-refractivity contribution in [3.05, 3.63) is 54.0 Å². The van der Waals surface area contributed by atoms with Gasteiger partial charge in [0, 0.05) is 41.8 Å². The lowest BCUT2D eigenvalue weighted by Crippen LogP contribution is -2.34. The van der Waals surface area contributed by atoms with E-state index >= 15 is 0 Å². The third-order valence-electron chi connectivity index (χ3n) is 3.92. The van der Waals surface area contributed by atoms with Crippen molar-refractivity contribution >= 4 is 30.1 Å². The van der Waals surface area contributed by atoms with Crippen molar-refractivity contribution in [1.29, 1.82) is 0 Å². The van der Waals surface area contributed by atoms with E-state index in [4.69, 9.17) is 4.42 Å². The molecule has 2 aromatic rings. The molecule has 24 heavy (non-hydrogen) atoms. The van der Waals surface area contributed by atoms with Crippen LogP contribution < -0.4 is 10.6 Å². The van der Waals surface area contributed by atoms with E-state index in [0.29, 0.717) is 24.6 Å². The van der Waals surface area contributed by atoms with Crippen molar-refractivity contribution in [2.45, 2.75) is 16.8 Å². The lowest BCUT2D eigenvalue weighted by atomic mass is 10.1. The summed E-state index contributed by atoms with van der Waals surface area (Å²) in [7, 11) is 0. The summed E-state index contributed by atoms with van der Waals surface area (Å²) >= 11 is 1.66. The van der Waals surface area contributed by atoms with Gasteiger partial charge < -0.3 is 20.2 Å². The Labute approximate surface area is 151 Å². The standard InChI is InChI=1S/C17H20N2O3S.ClH/c20-15-10-18-8-13(15)9-19-17(21)16-12(6-7-22-16)11-23-14-4-2-1-3-5-14;/h1-7,13,15,18,20H,8-11H2,(H,19,21);1H. The molecule has 1 aromatic heterocycles. The van der Waals surface area contributed by atoms with Gasteiger partial charge >= 0.3 is 0 Å². The highest BCUT2D eigenvalue weighted by molar-refractivity contribution is 7.98. The molecule has 1 aromatic carbocycles. The number of thioether (sulfide) groups is 1. The summed E-state index contributed by atoms with van der Waals surface area (Å²) in [5, 5.41) is 15.7. The number of rotatable bonds is 6. The molecule has 7 heteroatoms. The van der Waals surface area contributed by atoms with Crippen LogP contribution in [0.5, 0.6) is 0 Å². The zero-order chi connectivity index (χ0) is 16.1. The van der Waals surface area contributed by atoms with Crippen LogP contribution in [-0.4, -0.2) is 36.8 Å². The molecule has 0 saturated carbocycles. The first-order chi connectivity index (χ1) is 11.2.